The van der Waals surface area contributed by atoms with Crippen molar-refractivity contribution >= 4 is 54.6 Å². The highest BCUT2D eigenvalue weighted by atomic mass is 79.9. The summed E-state index contributed by atoms with van der Waals surface area (Å²) in [5.41, 5.74) is 2.22. The van der Waals surface area contributed by atoms with Gasteiger partial charge in [-0.2, -0.15) is 0 Å². The topological polar surface area (TPSA) is 46.2 Å². The molecular weight excluding hydrogens is 370 g/mol. The van der Waals surface area contributed by atoms with Crippen LogP contribution < -0.4 is 4.72 Å². The van der Waals surface area contributed by atoms with Crippen LogP contribution in [0.15, 0.2) is 34.5 Å². The summed E-state index contributed by atoms with van der Waals surface area (Å²) >= 11 is 10.3. The SMILES string of the molecule is Cc1cc(S(=O)(=O)Nc2ccccc2CBr)sc1Cl. The van der Waals surface area contributed by atoms with E-state index in [9.17, 15) is 8.42 Å². The standard InChI is InChI=1S/C12H11BrClNO2S2/c1-8-6-11(18-12(8)14)19(16,17)15-10-5-3-2-4-9(10)7-13/h2-6,15H,7H2,1H3. The number of alkyl halides is 1. The van der Waals surface area contributed by atoms with Crippen LogP contribution in [0, 0.1) is 6.92 Å². The van der Waals surface area contributed by atoms with E-state index in [0.29, 0.717) is 15.4 Å². The first-order valence-electron chi connectivity index (χ1n) is 5.36. The molecule has 0 fully saturated rings. The van der Waals surface area contributed by atoms with Gasteiger partial charge in [-0.1, -0.05) is 45.7 Å². The van der Waals surface area contributed by atoms with E-state index in [0.717, 1.165) is 22.5 Å². The number of sulfonamides is 1. The monoisotopic (exact) mass is 379 g/mol. The van der Waals surface area contributed by atoms with Crippen LogP contribution >= 0.6 is 38.9 Å². The number of benzene rings is 1. The number of halogens is 2. The van der Waals surface area contributed by atoms with Gasteiger partial charge >= 0.3 is 0 Å². The Kier molecular flexibility index (Phi) is 4.55. The second-order valence-corrected chi connectivity index (χ2v) is 8.04. The zero-order valence-corrected chi connectivity index (χ0v) is 14.0. The molecule has 0 spiro atoms. The zero-order valence-electron chi connectivity index (χ0n) is 9.98. The summed E-state index contributed by atoms with van der Waals surface area (Å²) in [5.74, 6) is 0. The number of rotatable bonds is 4. The fourth-order valence-corrected chi connectivity index (χ4v) is 4.79. The average Bonchev–Trinajstić information content (AvgIpc) is 2.71. The van der Waals surface area contributed by atoms with Crippen molar-refractivity contribution in [3.8, 4) is 0 Å². The van der Waals surface area contributed by atoms with Gasteiger partial charge in [0.2, 0.25) is 0 Å². The molecule has 0 bridgehead atoms. The Balaban J connectivity index is 2.36. The molecule has 0 unspecified atom stereocenters. The van der Waals surface area contributed by atoms with Gasteiger partial charge in [-0.05, 0) is 30.2 Å². The van der Waals surface area contributed by atoms with Gasteiger partial charge in [0.05, 0.1) is 10.0 Å². The molecule has 0 atom stereocenters. The summed E-state index contributed by atoms with van der Waals surface area (Å²) in [7, 11) is -3.58. The molecule has 102 valence electrons. The smallest absolute Gasteiger partial charge is 0.271 e. The number of hydrogen-bond donors (Lipinski definition) is 1. The Morgan fingerprint density at radius 1 is 1.37 bits per heavy atom. The van der Waals surface area contributed by atoms with Crippen LogP contribution in [-0.4, -0.2) is 8.42 Å². The first-order valence-corrected chi connectivity index (χ1v) is 9.16. The molecule has 19 heavy (non-hydrogen) atoms. The Hall–Kier alpha value is -0.560. The van der Waals surface area contributed by atoms with Gasteiger partial charge in [-0.25, -0.2) is 8.42 Å². The molecule has 0 amide bonds. The predicted molar refractivity (Wildman–Crippen MR) is 83.9 cm³/mol. The molecule has 1 aromatic heterocycles. The highest BCUT2D eigenvalue weighted by Crippen LogP contribution is 2.31. The van der Waals surface area contributed by atoms with Crippen molar-refractivity contribution in [2.75, 3.05) is 4.72 Å². The zero-order chi connectivity index (χ0) is 14.0. The van der Waals surface area contributed by atoms with E-state index in [-0.39, 0.29) is 4.21 Å². The normalized spacial score (nSPS) is 11.5. The minimum absolute atomic E-state index is 0.222. The van der Waals surface area contributed by atoms with Gasteiger partial charge in [-0.3, -0.25) is 4.72 Å². The number of aryl methyl sites for hydroxylation is 1. The van der Waals surface area contributed by atoms with Crippen molar-refractivity contribution in [2.24, 2.45) is 0 Å². The molecule has 2 rings (SSSR count). The van der Waals surface area contributed by atoms with Crippen LogP contribution in [0.2, 0.25) is 4.34 Å². The number of anilines is 1. The average molecular weight is 381 g/mol. The van der Waals surface area contributed by atoms with Crippen molar-refractivity contribution < 1.29 is 8.42 Å². The Morgan fingerprint density at radius 3 is 2.63 bits per heavy atom. The van der Waals surface area contributed by atoms with Crippen LogP contribution in [0.25, 0.3) is 0 Å². The maximum atomic E-state index is 12.3. The predicted octanol–water partition coefficient (Wildman–Crippen LogP) is 4.41. The van der Waals surface area contributed by atoms with Crippen molar-refractivity contribution in [1.29, 1.82) is 0 Å². The summed E-state index contributed by atoms with van der Waals surface area (Å²) in [6.45, 7) is 1.78. The van der Waals surface area contributed by atoms with E-state index in [2.05, 4.69) is 20.7 Å². The van der Waals surface area contributed by atoms with E-state index < -0.39 is 10.0 Å². The van der Waals surface area contributed by atoms with Gasteiger partial charge in [-0.15, -0.1) is 11.3 Å². The van der Waals surface area contributed by atoms with Crippen LogP contribution in [0.5, 0.6) is 0 Å². The Labute approximate surface area is 129 Å². The van der Waals surface area contributed by atoms with Crippen molar-refractivity contribution in [1.82, 2.24) is 0 Å². The summed E-state index contributed by atoms with van der Waals surface area (Å²) in [6, 6.07) is 8.82. The van der Waals surface area contributed by atoms with E-state index in [1.54, 1.807) is 25.1 Å². The molecule has 0 aliphatic rings. The third-order valence-electron chi connectivity index (χ3n) is 2.51. The Bertz CT molecular complexity index is 678. The van der Waals surface area contributed by atoms with E-state index >= 15 is 0 Å². The lowest BCUT2D eigenvalue weighted by Gasteiger charge is -2.09. The van der Waals surface area contributed by atoms with Gasteiger partial charge in [0, 0.05) is 5.33 Å². The molecule has 1 aromatic carbocycles. The molecular formula is C12H11BrClNO2S2. The van der Waals surface area contributed by atoms with Crippen LogP contribution in [0.4, 0.5) is 5.69 Å². The molecule has 0 saturated carbocycles. The maximum Gasteiger partial charge on any atom is 0.271 e. The highest BCUT2D eigenvalue weighted by Gasteiger charge is 2.19. The first kappa shape index (κ1) is 14.8. The minimum atomic E-state index is -3.58. The lowest BCUT2D eigenvalue weighted by Crippen LogP contribution is -2.12. The van der Waals surface area contributed by atoms with Crippen LogP contribution in [-0.2, 0) is 15.4 Å². The number of nitrogens with one attached hydrogen (secondary N) is 1. The summed E-state index contributed by atoms with van der Waals surface area (Å²) in [5, 5.41) is 0.579. The molecule has 1 N–H and O–H groups in total. The van der Waals surface area contributed by atoms with Gasteiger partial charge in [0.1, 0.15) is 4.21 Å². The maximum absolute atomic E-state index is 12.3. The molecule has 7 heteroatoms. The molecule has 0 saturated heterocycles. The fourth-order valence-electron chi connectivity index (χ4n) is 1.50. The lowest BCUT2D eigenvalue weighted by atomic mass is 10.2. The molecule has 2 aromatic rings. The minimum Gasteiger partial charge on any atom is -0.279 e. The molecule has 3 nitrogen and oxygen atoms in total. The quantitative estimate of drug-likeness (QED) is 0.799. The lowest BCUT2D eigenvalue weighted by molar-refractivity contribution is 0.603. The van der Waals surface area contributed by atoms with Crippen molar-refractivity contribution in [3.63, 3.8) is 0 Å². The molecule has 0 radical (unpaired) electrons. The van der Waals surface area contributed by atoms with Crippen molar-refractivity contribution in [2.45, 2.75) is 16.5 Å². The van der Waals surface area contributed by atoms with Gasteiger partial charge in [0.25, 0.3) is 10.0 Å². The summed E-state index contributed by atoms with van der Waals surface area (Å²) < 4.78 is 27.8. The second kappa shape index (κ2) is 5.83. The largest absolute Gasteiger partial charge is 0.279 e. The molecule has 1 heterocycles. The highest BCUT2D eigenvalue weighted by molar-refractivity contribution is 9.08. The first-order chi connectivity index (χ1) is 8.94. The summed E-state index contributed by atoms with van der Waals surface area (Å²) in [4.78, 5) is 0. The number of thiophene rings is 1. The Morgan fingerprint density at radius 2 is 2.05 bits per heavy atom. The number of para-hydroxylation sites is 1. The van der Waals surface area contributed by atoms with E-state index in [4.69, 9.17) is 11.6 Å². The molecule has 0 aliphatic heterocycles. The number of hydrogen-bond acceptors (Lipinski definition) is 3. The van der Waals surface area contributed by atoms with Crippen LogP contribution in [0.3, 0.4) is 0 Å². The fraction of sp³-hybridized carbons (Fsp3) is 0.167. The second-order valence-electron chi connectivity index (χ2n) is 3.92. The van der Waals surface area contributed by atoms with Gasteiger partial charge in [0.15, 0.2) is 0 Å². The van der Waals surface area contributed by atoms with E-state index in [1.165, 1.54) is 0 Å². The third-order valence-corrected chi connectivity index (χ3v) is 6.50. The van der Waals surface area contributed by atoms with Crippen LogP contribution in [0.1, 0.15) is 11.1 Å². The van der Waals surface area contributed by atoms with Crippen molar-refractivity contribution in [3.05, 3.63) is 45.8 Å². The van der Waals surface area contributed by atoms with E-state index in [1.807, 2.05) is 12.1 Å². The molecule has 0 aliphatic carbocycles. The summed E-state index contributed by atoms with van der Waals surface area (Å²) in [6.07, 6.45) is 0. The van der Waals surface area contributed by atoms with Gasteiger partial charge < -0.3 is 0 Å². The third kappa shape index (κ3) is 3.31.